The van der Waals surface area contributed by atoms with Crippen molar-refractivity contribution in [2.75, 3.05) is 0 Å². The van der Waals surface area contributed by atoms with E-state index in [0.717, 1.165) is 15.8 Å². The van der Waals surface area contributed by atoms with Gasteiger partial charge in [0.1, 0.15) is 11.3 Å². The van der Waals surface area contributed by atoms with Gasteiger partial charge in [-0.25, -0.2) is 9.78 Å². The molecular formula is C10H9BrN2O2. The first-order valence-corrected chi connectivity index (χ1v) is 5.16. The number of carbonyl (C=O) groups is 1. The number of imidazole rings is 1. The first-order chi connectivity index (χ1) is 7.00. The normalized spacial score (nSPS) is 10.9. The third-order valence-corrected chi connectivity index (χ3v) is 2.86. The standard InChI is InChI=1S/C10H9BrN2O2/c1-5-12-9-7(10(14)15)3-6(11)4-8(9)13(5)2/h3-4H,1-2H3,(H,14,15). The molecule has 0 atom stereocenters. The van der Waals surface area contributed by atoms with Gasteiger partial charge in [0.2, 0.25) is 0 Å². The molecule has 0 bridgehead atoms. The molecule has 1 N–H and O–H groups in total. The molecule has 1 aromatic carbocycles. The summed E-state index contributed by atoms with van der Waals surface area (Å²) >= 11 is 3.29. The quantitative estimate of drug-likeness (QED) is 0.864. The zero-order valence-electron chi connectivity index (χ0n) is 8.28. The Morgan fingerprint density at radius 2 is 2.20 bits per heavy atom. The van der Waals surface area contributed by atoms with E-state index in [2.05, 4.69) is 20.9 Å². The summed E-state index contributed by atoms with van der Waals surface area (Å²) in [5.41, 5.74) is 1.58. The van der Waals surface area contributed by atoms with Crippen LogP contribution in [0.4, 0.5) is 0 Å². The van der Waals surface area contributed by atoms with E-state index >= 15 is 0 Å². The molecule has 2 rings (SSSR count). The predicted octanol–water partition coefficient (Wildman–Crippen LogP) is 2.34. The molecule has 0 fully saturated rings. The van der Waals surface area contributed by atoms with Gasteiger partial charge in [-0.1, -0.05) is 15.9 Å². The zero-order valence-corrected chi connectivity index (χ0v) is 9.87. The van der Waals surface area contributed by atoms with E-state index in [1.807, 2.05) is 24.6 Å². The van der Waals surface area contributed by atoms with Crippen molar-refractivity contribution in [1.29, 1.82) is 0 Å². The van der Waals surface area contributed by atoms with Gasteiger partial charge in [0.25, 0.3) is 0 Å². The highest BCUT2D eigenvalue weighted by atomic mass is 79.9. The highest BCUT2D eigenvalue weighted by Gasteiger charge is 2.14. The lowest BCUT2D eigenvalue weighted by Crippen LogP contribution is -1.98. The molecule has 0 spiro atoms. The lowest BCUT2D eigenvalue weighted by molar-refractivity contribution is 0.0699. The van der Waals surface area contributed by atoms with E-state index in [9.17, 15) is 4.79 Å². The number of nitrogens with zero attached hydrogens (tertiary/aromatic N) is 2. The smallest absolute Gasteiger partial charge is 0.338 e. The number of hydrogen-bond donors (Lipinski definition) is 1. The maximum atomic E-state index is 11.0. The van der Waals surface area contributed by atoms with Gasteiger partial charge in [-0.2, -0.15) is 0 Å². The Morgan fingerprint density at radius 3 is 2.80 bits per heavy atom. The van der Waals surface area contributed by atoms with Gasteiger partial charge in [-0.15, -0.1) is 0 Å². The van der Waals surface area contributed by atoms with Gasteiger partial charge >= 0.3 is 5.97 Å². The Bertz CT molecular complexity index is 560. The number of fused-ring (bicyclic) bond motifs is 1. The van der Waals surface area contributed by atoms with Crippen LogP contribution in [0.3, 0.4) is 0 Å². The highest BCUT2D eigenvalue weighted by Crippen LogP contribution is 2.24. The summed E-state index contributed by atoms with van der Waals surface area (Å²) < 4.78 is 2.61. The largest absolute Gasteiger partial charge is 0.478 e. The fourth-order valence-corrected chi connectivity index (χ4v) is 1.98. The van der Waals surface area contributed by atoms with Crippen molar-refractivity contribution in [2.45, 2.75) is 6.92 Å². The number of carboxylic acids is 1. The van der Waals surface area contributed by atoms with Crippen LogP contribution in [0.2, 0.25) is 0 Å². The number of rotatable bonds is 1. The van der Waals surface area contributed by atoms with E-state index in [0.29, 0.717) is 5.52 Å². The average Bonchev–Trinajstić information content (AvgIpc) is 2.43. The summed E-state index contributed by atoms with van der Waals surface area (Å²) in [5, 5.41) is 9.04. The second-order valence-corrected chi connectivity index (χ2v) is 4.26. The fourth-order valence-electron chi connectivity index (χ4n) is 1.53. The van der Waals surface area contributed by atoms with Crippen molar-refractivity contribution < 1.29 is 9.90 Å². The second-order valence-electron chi connectivity index (χ2n) is 3.34. The van der Waals surface area contributed by atoms with Crippen LogP contribution in [-0.4, -0.2) is 20.6 Å². The van der Waals surface area contributed by atoms with Crippen molar-refractivity contribution in [3.05, 3.63) is 28.0 Å². The van der Waals surface area contributed by atoms with E-state index < -0.39 is 5.97 Å². The van der Waals surface area contributed by atoms with E-state index in [1.54, 1.807) is 6.07 Å². The number of aromatic carboxylic acids is 1. The Hall–Kier alpha value is -1.36. The van der Waals surface area contributed by atoms with Crippen LogP contribution in [0.25, 0.3) is 11.0 Å². The first-order valence-electron chi connectivity index (χ1n) is 4.36. The van der Waals surface area contributed by atoms with Gasteiger partial charge in [0.15, 0.2) is 0 Å². The van der Waals surface area contributed by atoms with Crippen LogP contribution in [0.15, 0.2) is 16.6 Å². The number of halogens is 1. The van der Waals surface area contributed by atoms with Crippen LogP contribution < -0.4 is 0 Å². The lowest BCUT2D eigenvalue weighted by atomic mass is 10.2. The number of hydrogen-bond acceptors (Lipinski definition) is 2. The summed E-state index contributed by atoms with van der Waals surface area (Å²) in [6, 6.07) is 3.43. The van der Waals surface area contributed by atoms with Crippen LogP contribution >= 0.6 is 15.9 Å². The van der Waals surface area contributed by atoms with Crippen LogP contribution in [0, 0.1) is 6.92 Å². The van der Waals surface area contributed by atoms with Gasteiger partial charge in [-0.05, 0) is 19.1 Å². The molecule has 1 heterocycles. The maximum absolute atomic E-state index is 11.0. The zero-order chi connectivity index (χ0) is 11.2. The average molecular weight is 269 g/mol. The number of aromatic nitrogens is 2. The molecule has 0 radical (unpaired) electrons. The summed E-state index contributed by atoms with van der Waals surface area (Å²) in [7, 11) is 1.86. The van der Waals surface area contributed by atoms with Gasteiger partial charge < -0.3 is 9.67 Å². The van der Waals surface area contributed by atoms with E-state index in [1.165, 1.54) is 0 Å². The van der Waals surface area contributed by atoms with Gasteiger partial charge in [0, 0.05) is 11.5 Å². The molecular weight excluding hydrogens is 260 g/mol. The maximum Gasteiger partial charge on any atom is 0.338 e. The minimum atomic E-state index is -0.959. The molecule has 0 amide bonds. The van der Waals surface area contributed by atoms with E-state index in [4.69, 9.17) is 5.11 Å². The summed E-state index contributed by atoms with van der Waals surface area (Å²) in [6.07, 6.45) is 0. The third-order valence-electron chi connectivity index (χ3n) is 2.41. The lowest BCUT2D eigenvalue weighted by Gasteiger charge is -2.00. The summed E-state index contributed by atoms with van der Waals surface area (Å²) in [6.45, 7) is 1.85. The van der Waals surface area contributed by atoms with Crippen LogP contribution in [-0.2, 0) is 7.05 Å². The predicted molar refractivity (Wildman–Crippen MR) is 60.1 cm³/mol. The minimum absolute atomic E-state index is 0.225. The molecule has 0 unspecified atom stereocenters. The van der Waals surface area contributed by atoms with Crippen molar-refractivity contribution in [3.63, 3.8) is 0 Å². The molecule has 0 saturated heterocycles. The second kappa shape index (κ2) is 3.34. The molecule has 0 aliphatic carbocycles. The molecule has 4 nitrogen and oxygen atoms in total. The van der Waals surface area contributed by atoms with E-state index in [-0.39, 0.29) is 5.56 Å². The number of benzene rings is 1. The Kier molecular flexibility index (Phi) is 2.26. The molecule has 0 aliphatic rings. The summed E-state index contributed by atoms with van der Waals surface area (Å²) in [4.78, 5) is 15.3. The van der Waals surface area contributed by atoms with Gasteiger partial charge in [0.05, 0.1) is 11.1 Å². The SMILES string of the molecule is Cc1nc2c(C(=O)O)cc(Br)cc2n1C. The van der Waals surface area contributed by atoms with Crippen molar-refractivity contribution >= 4 is 32.9 Å². The highest BCUT2D eigenvalue weighted by molar-refractivity contribution is 9.10. The monoisotopic (exact) mass is 268 g/mol. The third kappa shape index (κ3) is 1.52. The van der Waals surface area contributed by atoms with Crippen molar-refractivity contribution in [3.8, 4) is 0 Å². The first kappa shape index (κ1) is 10.2. The van der Waals surface area contributed by atoms with Crippen LogP contribution in [0.5, 0.6) is 0 Å². The Balaban J connectivity index is 2.92. The fraction of sp³-hybridized carbons (Fsp3) is 0.200. The molecule has 0 aliphatic heterocycles. The molecule has 5 heteroatoms. The number of carboxylic acid groups (broad SMARTS) is 1. The van der Waals surface area contributed by atoms with Crippen LogP contribution in [0.1, 0.15) is 16.2 Å². The Labute approximate surface area is 94.7 Å². The topological polar surface area (TPSA) is 55.1 Å². The van der Waals surface area contributed by atoms with Gasteiger partial charge in [-0.3, -0.25) is 0 Å². The molecule has 1 aromatic heterocycles. The molecule has 78 valence electrons. The molecule has 2 aromatic rings. The Morgan fingerprint density at radius 1 is 1.53 bits per heavy atom. The van der Waals surface area contributed by atoms with Crippen molar-refractivity contribution in [1.82, 2.24) is 9.55 Å². The summed E-state index contributed by atoms with van der Waals surface area (Å²) in [5.74, 6) is -0.162. The molecule has 0 saturated carbocycles. The minimum Gasteiger partial charge on any atom is -0.478 e. The van der Waals surface area contributed by atoms with Crippen molar-refractivity contribution in [2.24, 2.45) is 7.05 Å². The number of aryl methyl sites for hydroxylation is 2. The molecule has 15 heavy (non-hydrogen) atoms.